The molecule has 0 radical (unpaired) electrons. The van der Waals surface area contributed by atoms with Gasteiger partial charge in [-0.15, -0.1) is 0 Å². The topological polar surface area (TPSA) is 124 Å². The van der Waals surface area contributed by atoms with Crippen LogP contribution in [-0.2, 0) is 11.3 Å². The van der Waals surface area contributed by atoms with Gasteiger partial charge in [0.2, 0.25) is 5.95 Å². The number of carbonyl (C=O) groups excluding carboxylic acids is 1. The molecule has 0 bridgehead atoms. The van der Waals surface area contributed by atoms with Gasteiger partial charge in [-0.2, -0.15) is 5.10 Å². The van der Waals surface area contributed by atoms with Crippen LogP contribution in [0.3, 0.4) is 0 Å². The third kappa shape index (κ3) is 2.87. The Hall–Kier alpha value is -2.71. The van der Waals surface area contributed by atoms with Crippen LogP contribution in [0, 0.1) is 0 Å². The number of hydrogen-bond acceptors (Lipinski definition) is 7. The Balaban J connectivity index is 1.84. The number of amides is 1. The predicted octanol–water partition coefficient (Wildman–Crippen LogP) is -1.00. The molecule has 9 nitrogen and oxygen atoms in total. The van der Waals surface area contributed by atoms with Gasteiger partial charge < -0.3 is 10.2 Å². The van der Waals surface area contributed by atoms with Crippen molar-refractivity contribution < 1.29 is 9.21 Å². The van der Waals surface area contributed by atoms with E-state index in [1.54, 1.807) is 12.1 Å². The molecule has 0 atom stereocenters. The summed E-state index contributed by atoms with van der Waals surface area (Å²) in [6.07, 6.45) is 2.88. The maximum atomic E-state index is 11.4. The van der Waals surface area contributed by atoms with E-state index in [1.807, 2.05) is 0 Å². The average molecular weight is 235 g/mol. The zero-order valence-corrected chi connectivity index (χ0v) is 8.65. The molecule has 3 N–H and O–H groups in total. The van der Waals surface area contributed by atoms with Crippen LogP contribution in [0.1, 0.15) is 5.76 Å². The van der Waals surface area contributed by atoms with Gasteiger partial charge in [-0.05, 0) is 22.6 Å². The van der Waals surface area contributed by atoms with Gasteiger partial charge >= 0.3 is 0 Å². The van der Waals surface area contributed by atoms with Crippen LogP contribution in [0.15, 0.2) is 27.9 Å². The predicted molar refractivity (Wildman–Crippen MR) is 56.7 cm³/mol. The van der Waals surface area contributed by atoms with Crippen molar-refractivity contribution >= 4 is 18.1 Å². The van der Waals surface area contributed by atoms with Gasteiger partial charge in [-0.1, -0.05) is 5.10 Å². The number of anilines is 1. The van der Waals surface area contributed by atoms with Crippen LogP contribution in [-0.4, -0.2) is 32.3 Å². The summed E-state index contributed by atoms with van der Waals surface area (Å²) in [5, 5.41) is 13.9. The van der Waals surface area contributed by atoms with Crippen molar-refractivity contribution in [3.8, 4) is 0 Å². The fraction of sp³-hybridized carbons (Fsp3) is 0.125. The Morgan fingerprint density at radius 2 is 2.59 bits per heavy atom. The van der Waals surface area contributed by atoms with E-state index in [9.17, 15) is 4.79 Å². The summed E-state index contributed by atoms with van der Waals surface area (Å²) < 4.78 is 6.13. The highest BCUT2D eigenvalue weighted by molar-refractivity contribution is 5.80. The second-order valence-corrected chi connectivity index (χ2v) is 3.00. The number of nitrogen functional groups attached to an aromatic ring is 1. The molecule has 0 saturated carbocycles. The van der Waals surface area contributed by atoms with Crippen molar-refractivity contribution in [1.29, 1.82) is 0 Å². The molecule has 0 fully saturated rings. The van der Waals surface area contributed by atoms with Crippen LogP contribution in [0.25, 0.3) is 0 Å². The minimum Gasteiger partial charge on any atom is -0.463 e. The van der Waals surface area contributed by atoms with Crippen molar-refractivity contribution in [2.45, 2.75) is 6.54 Å². The fourth-order valence-electron chi connectivity index (χ4n) is 1.03. The number of rotatable bonds is 4. The summed E-state index contributed by atoms with van der Waals surface area (Å²) in [5.41, 5.74) is 7.67. The summed E-state index contributed by atoms with van der Waals surface area (Å²) >= 11 is 0. The van der Waals surface area contributed by atoms with Gasteiger partial charge in [0.1, 0.15) is 12.3 Å². The van der Waals surface area contributed by atoms with Crippen molar-refractivity contribution in [3.63, 3.8) is 0 Å². The molecule has 0 spiro atoms. The molecule has 0 aromatic carbocycles. The molecule has 2 aromatic heterocycles. The normalized spacial score (nSPS) is 10.8. The standard InChI is InChI=1S/C8H9N7O2/c9-8-12-13-14-15(8)5-7(16)11-10-4-6-2-1-3-17-6/h1-4H,5H2,(H,11,16)(H2,9,12,14)/b10-4-. The Morgan fingerprint density at radius 3 is 3.24 bits per heavy atom. The second-order valence-electron chi connectivity index (χ2n) is 3.00. The number of nitrogens with zero attached hydrogens (tertiary/aromatic N) is 5. The number of hydrogen-bond donors (Lipinski definition) is 2. The molecule has 9 heteroatoms. The number of carbonyl (C=O) groups is 1. The van der Waals surface area contributed by atoms with Crippen LogP contribution in [0.5, 0.6) is 0 Å². The van der Waals surface area contributed by atoms with Crippen LogP contribution < -0.4 is 11.2 Å². The van der Waals surface area contributed by atoms with E-state index in [-0.39, 0.29) is 12.5 Å². The maximum absolute atomic E-state index is 11.4. The van der Waals surface area contributed by atoms with Crippen molar-refractivity contribution in [1.82, 2.24) is 25.6 Å². The first-order chi connectivity index (χ1) is 8.25. The Labute approximate surface area is 95.3 Å². The van der Waals surface area contributed by atoms with Crippen molar-refractivity contribution in [2.24, 2.45) is 5.10 Å². The highest BCUT2D eigenvalue weighted by Gasteiger charge is 2.06. The van der Waals surface area contributed by atoms with Gasteiger partial charge in [0, 0.05) is 0 Å². The number of nitrogens with one attached hydrogen (secondary N) is 1. The van der Waals surface area contributed by atoms with E-state index in [2.05, 4.69) is 26.1 Å². The van der Waals surface area contributed by atoms with E-state index in [0.717, 1.165) is 4.68 Å². The van der Waals surface area contributed by atoms with Gasteiger partial charge in [0.05, 0.1) is 12.5 Å². The van der Waals surface area contributed by atoms with Crippen molar-refractivity contribution in [3.05, 3.63) is 24.2 Å². The monoisotopic (exact) mass is 235 g/mol. The minimum absolute atomic E-state index is 0.0650. The summed E-state index contributed by atoms with van der Waals surface area (Å²) in [7, 11) is 0. The molecule has 0 saturated heterocycles. The number of nitrogens with two attached hydrogens (primary N) is 1. The van der Waals surface area contributed by atoms with E-state index >= 15 is 0 Å². The highest BCUT2D eigenvalue weighted by Crippen LogP contribution is 1.94. The van der Waals surface area contributed by atoms with Crippen LogP contribution in [0.4, 0.5) is 5.95 Å². The summed E-state index contributed by atoms with van der Waals surface area (Å²) in [5.74, 6) is 0.203. The maximum Gasteiger partial charge on any atom is 0.261 e. The van der Waals surface area contributed by atoms with Gasteiger partial charge in [0.15, 0.2) is 0 Å². The molecule has 0 aliphatic heterocycles. The molecule has 88 valence electrons. The molecule has 2 heterocycles. The van der Waals surface area contributed by atoms with E-state index in [0.29, 0.717) is 5.76 Å². The van der Waals surface area contributed by atoms with Crippen molar-refractivity contribution in [2.75, 3.05) is 5.73 Å². The number of furan rings is 1. The van der Waals surface area contributed by atoms with Gasteiger partial charge in [-0.25, -0.2) is 10.1 Å². The molecule has 0 aliphatic carbocycles. The zero-order valence-electron chi connectivity index (χ0n) is 8.65. The molecule has 2 rings (SSSR count). The minimum atomic E-state index is -0.396. The first-order valence-corrected chi connectivity index (χ1v) is 4.63. The van der Waals surface area contributed by atoms with E-state index in [1.165, 1.54) is 12.5 Å². The number of hydrazone groups is 1. The average Bonchev–Trinajstić information content (AvgIpc) is 2.92. The molecule has 0 unspecified atom stereocenters. The second kappa shape index (κ2) is 4.88. The van der Waals surface area contributed by atoms with E-state index < -0.39 is 5.91 Å². The Bertz CT molecular complexity index is 516. The lowest BCUT2D eigenvalue weighted by molar-refractivity contribution is -0.121. The summed E-state index contributed by atoms with van der Waals surface area (Å²) in [6.45, 7) is -0.103. The SMILES string of the molecule is Nc1nnnn1CC(=O)N/N=C\c1ccco1. The fourth-order valence-corrected chi connectivity index (χ4v) is 1.03. The molecule has 0 aliphatic rings. The Morgan fingerprint density at radius 1 is 1.71 bits per heavy atom. The van der Waals surface area contributed by atoms with Crippen LogP contribution >= 0.6 is 0 Å². The van der Waals surface area contributed by atoms with Gasteiger partial charge in [0.25, 0.3) is 5.91 Å². The largest absolute Gasteiger partial charge is 0.463 e. The lowest BCUT2D eigenvalue weighted by Gasteiger charge is -1.99. The first-order valence-electron chi connectivity index (χ1n) is 4.63. The van der Waals surface area contributed by atoms with Crippen LogP contribution in [0.2, 0.25) is 0 Å². The first kappa shape index (κ1) is 10.8. The summed E-state index contributed by atoms with van der Waals surface area (Å²) in [4.78, 5) is 11.4. The molecular weight excluding hydrogens is 226 g/mol. The Kier molecular flexibility index (Phi) is 3.10. The third-order valence-electron chi connectivity index (χ3n) is 1.78. The third-order valence-corrected chi connectivity index (χ3v) is 1.78. The van der Waals surface area contributed by atoms with Gasteiger partial charge in [-0.3, -0.25) is 4.79 Å². The number of aromatic nitrogens is 4. The lowest BCUT2D eigenvalue weighted by Crippen LogP contribution is -2.24. The zero-order chi connectivity index (χ0) is 12.1. The quantitative estimate of drug-likeness (QED) is 0.517. The summed E-state index contributed by atoms with van der Waals surface area (Å²) in [6, 6.07) is 3.42. The smallest absolute Gasteiger partial charge is 0.261 e. The number of tetrazole rings is 1. The molecule has 1 amide bonds. The molecule has 2 aromatic rings. The molecular formula is C8H9N7O2. The molecule has 17 heavy (non-hydrogen) atoms. The van der Waals surface area contributed by atoms with E-state index in [4.69, 9.17) is 10.2 Å². The highest BCUT2D eigenvalue weighted by atomic mass is 16.3. The lowest BCUT2D eigenvalue weighted by atomic mass is 10.5.